The molecule has 0 unspecified atom stereocenters. The Morgan fingerprint density at radius 1 is 1.37 bits per heavy atom. The van der Waals surface area contributed by atoms with E-state index in [1.54, 1.807) is 38.1 Å². The van der Waals surface area contributed by atoms with Crippen molar-refractivity contribution in [3.63, 3.8) is 0 Å². The van der Waals surface area contributed by atoms with E-state index in [0.717, 1.165) is 0 Å². The molecule has 1 fully saturated rings. The highest BCUT2D eigenvalue weighted by Gasteiger charge is 2.80. The average molecular weight is 259 g/mol. The minimum atomic E-state index is -1.03. The van der Waals surface area contributed by atoms with Gasteiger partial charge < -0.3 is 0 Å². The summed E-state index contributed by atoms with van der Waals surface area (Å²) < 4.78 is 0. The molecule has 1 aromatic rings. The Balaban J connectivity index is 2.00. The smallest absolute Gasteiger partial charge is 0.266 e. The van der Waals surface area contributed by atoms with Crippen molar-refractivity contribution in [2.24, 2.45) is 16.4 Å². The Kier molecular flexibility index (Phi) is 2.26. The molecule has 0 N–H and O–H groups in total. The summed E-state index contributed by atoms with van der Waals surface area (Å²) in [6.45, 7) is 3.43. The molecule has 3 rings (SSSR count). The van der Waals surface area contributed by atoms with Crippen LogP contribution in [0.1, 0.15) is 13.8 Å². The van der Waals surface area contributed by atoms with Crippen molar-refractivity contribution in [1.82, 2.24) is 0 Å². The summed E-state index contributed by atoms with van der Waals surface area (Å²) in [7, 11) is 0. The third-order valence-corrected chi connectivity index (χ3v) is 4.17. The van der Waals surface area contributed by atoms with Crippen LogP contribution in [0.5, 0.6) is 0 Å². The lowest BCUT2D eigenvalue weighted by Crippen LogP contribution is -2.33. The molecule has 98 valence electrons. The number of hydrogen-bond donors (Lipinski definition) is 0. The monoisotopic (exact) mass is 259 g/mol. The number of hydrogen-bond acceptors (Lipinski definition) is 4. The zero-order valence-corrected chi connectivity index (χ0v) is 10.6. The molecule has 6 nitrogen and oxygen atoms in total. The molecular formula is C13H13N3O3. The van der Waals surface area contributed by atoms with Crippen LogP contribution in [0.4, 0.5) is 5.69 Å². The molecule has 0 saturated heterocycles. The van der Waals surface area contributed by atoms with E-state index in [2.05, 4.69) is 5.10 Å². The van der Waals surface area contributed by atoms with Crippen LogP contribution in [0, 0.1) is 21.4 Å². The van der Waals surface area contributed by atoms with Crippen LogP contribution >= 0.6 is 0 Å². The molecular weight excluding hydrogens is 246 g/mol. The van der Waals surface area contributed by atoms with E-state index in [0.29, 0.717) is 11.4 Å². The Morgan fingerprint density at radius 3 is 2.53 bits per heavy atom. The number of nitro groups is 1. The van der Waals surface area contributed by atoms with Gasteiger partial charge in [-0.1, -0.05) is 25.1 Å². The predicted molar refractivity (Wildman–Crippen MR) is 69.4 cm³/mol. The zero-order valence-electron chi connectivity index (χ0n) is 10.6. The van der Waals surface area contributed by atoms with Gasteiger partial charge in [0.25, 0.3) is 5.91 Å². The van der Waals surface area contributed by atoms with Crippen molar-refractivity contribution in [2.75, 3.05) is 5.01 Å². The van der Waals surface area contributed by atoms with Crippen LogP contribution in [-0.4, -0.2) is 22.6 Å². The molecule has 6 heteroatoms. The van der Waals surface area contributed by atoms with E-state index in [4.69, 9.17) is 0 Å². The number of benzene rings is 1. The number of hydrazone groups is 1. The minimum Gasteiger partial charge on any atom is -0.271 e. The second-order valence-electron chi connectivity index (χ2n) is 5.03. The third kappa shape index (κ3) is 1.31. The van der Waals surface area contributed by atoms with E-state index >= 15 is 0 Å². The first-order valence-electron chi connectivity index (χ1n) is 6.10. The average Bonchev–Trinajstić information content (AvgIpc) is 2.95. The summed E-state index contributed by atoms with van der Waals surface area (Å²) >= 11 is 0. The van der Waals surface area contributed by atoms with Gasteiger partial charge in [-0.05, 0) is 19.1 Å². The lowest BCUT2D eigenvalue weighted by Gasteiger charge is -2.13. The van der Waals surface area contributed by atoms with Gasteiger partial charge >= 0.3 is 0 Å². The van der Waals surface area contributed by atoms with Crippen molar-refractivity contribution >= 4 is 17.3 Å². The maximum absolute atomic E-state index is 12.5. The number of carbonyl (C=O) groups is 1. The fourth-order valence-electron chi connectivity index (χ4n) is 3.10. The topological polar surface area (TPSA) is 75.8 Å². The van der Waals surface area contributed by atoms with Crippen LogP contribution in [-0.2, 0) is 4.79 Å². The van der Waals surface area contributed by atoms with Crippen molar-refractivity contribution in [1.29, 1.82) is 0 Å². The molecule has 0 bridgehead atoms. The first kappa shape index (κ1) is 11.8. The largest absolute Gasteiger partial charge is 0.271 e. The Hall–Kier alpha value is -2.24. The minimum absolute atomic E-state index is 0.287. The predicted octanol–water partition coefficient (Wildman–Crippen LogP) is 1.69. The van der Waals surface area contributed by atoms with Gasteiger partial charge in [0.2, 0.25) is 6.04 Å². The van der Waals surface area contributed by atoms with Gasteiger partial charge in [-0.15, -0.1) is 0 Å². The number of nitrogens with zero attached hydrogens (tertiary/aromatic N) is 3. The van der Waals surface area contributed by atoms with Gasteiger partial charge in [0.15, 0.2) is 5.41 Å². The molecule has 1 aliphatic heterocycles. The number of anilines is 1. The summed E-state index contributed by atoms with van der Waals surface area (Å²) in [4.78, 5) is 23.2. The Morgan fingerprint density at radius 2 is 2.00 bits per heavy atom. The lowest BCUT2D eigenvalue weighted by molar-refractivity contribution is -0.501. The van der Waals surface area contributed by atoms with Gasteiger partial charge in [-0.25, -0.2) is 0 Å². The zero-order chi connectivity index (χ0) is 13.8. The summed E-state index contributed by atoms with van der Waals surface area (Å²) in [5.74, 6) is -0.585. The molecule has 0 aromatic heterocycles. The maximum Gasteiger partial charge on any atom is 0.266 e. The first-order valence-corrected chi connectivity index (χ1v) is 6.10. The standard InChI is InChI=1S/C13H13N3O3/c1-8-11(16(18)19)13(8)9(2)14-15(12(13)17)10-6-4-3-5-7-10/h3-8,11H,1-2H3/t8-,11-,13+/m1/s1. The quantitative estimate of drug-likeness (QED) is 0.599. The summed E-state index contributed by atoms with van der Waals surface area (Å²) in [6.07, 6.45) is 0. The van der Waals surface area contributed by atoms with Crippen LogP contribution in [0.25, 0.3) is 0 Å². The molecule has 19 heavy (non-hydrogen) atoms. The summed E-state index contributed by atoms with van der Waals surface area (Å²) in [6, 6.07) is 8.14. The number of carbonyl (C=O) groups excluding carboxylic acids is 1. The molecule has 1 heterocycles. The van der Waals surface area contributed by atoms with Gasteiger partial charge in [0.1, 0.15) is 0 Å². The molecule has 1 amide bonds. The maximum atomic E-state index is 12.5. The first-order chi connectivity index (χ1) is 9.01. The van der Waals surface area contributed by atoms with Crippen molar-refractivity contribution in [3.8, 4) is 0 Å². The fourth-order valence-corrected chi connectivity index (χ4v) is 3.10. The van der Waals surface area contributed by atoms with Crippen molar-refractivity contribution in [2.45, 2.75) is 19.9 Å². The van der Waals surface area contributed by atoms with E-state index in [9.17, 15) is 14.9 Å². The lowest BCUT2D eigenvalue weighted by atomic mass is 9.98. The second kappa shape index (κ2) is 3.63. The van der Waals surface area contributed by atoms with Crippen molar-refractivity contribution in [3.05, 3.63) is 40.4 Å². The second-order valence-corrected chi connectivity index (χ2v) is 5.03. The Labute approximate surface area is 109 Å². The highest BCUT2D eigenvalue weighted by atomic mass is 16.6. The molecule has 2 aliphatic rings. The van der Waals surface area contributed by atoms with Gasteiger partial charge in [0, 0.05) is 4.92 Å². The summed E-state index contributed by atoms with van der Waals surface area (Å²) in [5, 5.41) is 16.6. The van der Waals surface area contributed by atoms with E-state index < -0.39 is 11.5 Å². The van der Waals surface area contributed by atoms with Gasteiger partial charge in [0.05, 0.1) is 17.3 Å². The van der Waals surface area contributed by atoms with E-state index in [1.165, 1.54) is 5.01 Å². The van der Waals surface area contributed by atoms with E-state index in [-0.39, 0.29) is 16.7 Å². The number of amides is 1. The molecule has 1 spiro atoms. The van der Waals surface area contributed by atoms with Crippen LogP contribution < -0.4 is 5.01 Å². The highest BCUT2D eigenvalue weighted by molar-refractivity contribution is 6.21. The van der Waals surface area contributed by atoms with Gasteiger partial charge in [-0.2, -0.15) is 10.1 Å². The normalized spacial score (nSPS) is 32.6. The molecule has 0 radical (unpaired) electrons. The SMILES string of the molecule is CC1=NN(c2ccccc2)C(=O)[C@@]12[C@H](C)[C@H]2[N+](=O)[O-]. The summed E-state index contributed by atoms with van der Waals surface area (Å²) in [5.41, 5.74) is 0.153. The fraction of sp³-hybridized carbons (Fsp3) is 0.385. The van der Waals surface area contributed by atoms with E-state index in [1.807, 2.05) is 6.07 Å². The molecule has 1 aromatic carbocycles. The van der Waals surface area contributed by atoms with Crippen LogP contribution in [0.15, 0.2) is 35.4 Å². The Bertz CT molecular complexity index is 598. The molecule has 1 aliphatic carbocycles. The highest BCUT2D eigenvalue weighted by Crippen LogP contribution is 2.59. The van der Waals surface area contributed by atoms with Crippen molar-refractivity contribution < 1.29 is 9.72 Å². The van der Waals surface area contributed by atoms with Crippen LogP contribution in [0.3, 0.4) is 0 Å². The number of para-hydroxylation sites is 1. The van der Waals surface area contributed by atoms with Gasteiger partial charge in [-0.3, -0.25) is 14.9 Å². The molecule has 1 saturated carbocycles. The number of rotatable bonds is 2. The van der Waals surface area contributed by atoms with Crippen LogP contribution in [0.2, 0.25) is 0 Å². The third-order valence-electron chi connectivity index (χ3n) is 4.17. The molecule has 3 atom stereocenters.